The number of anilines is 1. The van der Waals surface area contributed by atoms with E-state index in [9.17, 15) is 22.9 Å². The lowest BCUT2D eigenvalue weighted by Crippen LogP contribution is -2.41. The van der Waals surface area contributed by atoms with Gasteiger partial charge < -0.3 is 5.32 Å². The third kappa shape index (κ3) is 5.61. The average Bonchev–Trinajstić information content (AvgIpc) is 2.32. The number of hydrogen-bond acceptors (Lipinski definition) is 5. The lowest BCUT2D eigenvalue weighted by atomic mass is 10.2. The maximum Gasteiger partial charge on any atom is 0.327 e. The third-order valence-corrected chi connectivity index (χ3v) is 3.66. The molecule has 0 aliphatic carbocycles. The van der Waals surface area contributed by atoms with Crippen LogP contribution in [-0.4, -0.2) is 32.5 Å². The van der Waals surface area contributed by atoms with Crippen LogP contribution in [0.3, 0.4) is 0 Å². The summed E-state index contributed by atoms with van der Waals surface area (Å²) in [6.07, 6.45) is 0. The van der Waals surface area contributed by atoms with Crippen LogP contribution in [0, 0.1) is 15.9 Å². The van der Waals surface area contributed by atoms with Crippen LogP contribution >= 0.6 is 0 Å². The van der Waals surface area contributed by atoms with Crippen molar-refractivity contribution in [3.63, 3.8) is 0 Å². The molecule has 0 atom stereocenters. The van der Waals surface area contributed by atoms with E-state index in [1.807, 2.05) is 0 Å². The molecule has 21 heavy (non-hydrogen) atoms. The average molecular weight is 320 g/mol. The lowest BCUT2D eigenvalue weighted by molar-refractivity contribution is -0.386. The molecule has 118 valence electrons. The number of nitro benzene ring substituents is 1. The van der Waals surface area contributed by atoms with Gasteiger partial charge in [0.15, 0.2) is 0 Å². The first-order valence-electron chi connectivity index (χ1n) is 6.16. The van der Waals surface area contributed by atoms with E-state index in [1.54, 1.807) is 13.8 Å². The van der Waals surface area contributed by atoms with Gasteiger partial charge in [0.25, 0.3) is 10.2 Å². The first-order valence-corrected chi connectivity index (χ1v) is 7.65. The Morgan fingerprint density at radius 3 is 2.57 bits per heavy atom. The third-order valence-electron chi connectivity index (χ3n) is 2.29. The van der Waals surface area contributed by atoms with Crippen molar-refractivity contribution >= 4 is 21.6 Å². The highest BCUT2D eigenvalue weighted by molar-refractivity contribution is 7.87. The molecule has 1 rings (SSSR count). The van der Waals surface area contributed by atoms with Crippen molar-refractivity contribution in [2.75, 3.05) is 18.4 Å². The molecule has 1 aromatic rings. The monoisotopic (exact) mass is 320 g/mol. The van der Waals surface area contributed by atoms with Crippen LogP contribution in [0.25, 0.3) is 0 Å². The minimum absolute atomic E-state index is 0.00369. The predicted molar refractivity (Wildman–Crippen MR) is 76.7 cm³/mol. The Labute approximate surface area is 122 Å². The molecule has 10 heteroatoms. The molecule has 0 aromatic heterocycles. The minimum atomic E-state index is -3.62. The smallest absolute Gasteiger partial charge is 0.327 e. The molecule has 0 amide bonds. The van der Waals surface area contributed by atoms with Crippen LogP contribution in [0.4, 0.5) is 15.8 Å². The van der Waals surface area contributed by atoms with Gasteiger partial charge in [0.1, 0.15) is 5.69 Å². The second-order valence-corrected chi connectivity index (χ2v) is 6.02. The van der Waals surface area contributed by atoms with E-state index >= 15 is 0 Å². The van der Waals surface area contributed by atoms with Crippen molar-refractivity contribution in [2.45, 2.75) is 19.9 Å². The van der Waals surface area contributed by atoms with Crippen LogP contribution in [-0.2, 0) is 10.2 Å². The van der Waals surface area contributed by atoms with E-state index in [4.69, 9.17) is 0 Å². The van der Waals surface area contributed by atoms with E-state index in [1.165, 1.54) is 12.1 Å². The van der Waals surface area contributed by atoms with Gasteiger partial charge in [0.05, 0.1) is 4.92 Å². The highest BCUT2D eigenvalue weighted by Crippen LogP contribution is 2.26. The van der Waals surface area contributed by atoms with E-state index in [0.29, 0.717) is 0 Å². The number of hydrogen-bond donors (Lipinski definition) is 3. The first-order chi connectivity index (χ1) is 9.73. The fourth-order valence-corrected chi connectivity index (χ4v) is 2.65. The maximum atomic E-state index is 13.3. The van der Waals surface area contributed by atoms with Gasteiger partial charge in [-0.2, -0.15) is 17.5 Å². The molecule has 0 saturated carbocycles. The Hall–Kier alpha value is -1.78. The van der Waals surface area contributed by atoms with Gasteiger partial charge in [-0.15, -0.1) is 0 Å². The molecule has 0 aliphatic heterocycles. The van der Waals surface area contributed by atoms with Gasteiger partial charge in [-0.1, -0.05) is 6.07 Å². The maximum absolute atomic E-state index is 13.3. The Bertz CT molecular complexity index is 606. The zero-order valence-corrected chi connectivity index (χ0v) is 12.4. The van der Waals surface area contributed by atoms with Gasteiger partial charge in [0.2, 0.25) is 5.82 Å². The van der Waals surface area contributed by atoms with Crippen molar-refractivity contribution in [1.29, 1.82) is 0 Å². The summed E-state index contributed by atoms with van der Waals surface area (Å²) in [4.78, 5) is 9.93. The van der Waals surface area contributed by atoms with Crippen molar-refractivity contribution in [2.24, 2.45) is 0 Å². The van der Waals surface area contributed by atoms with Crippen LogP contribution in [0.2, 0.25) is 0 Å². The Balaban J connectivity index is 2.58. The SMILES string of the molecule is CC(C)NS(=O)(=O)NCCNc1cccc(F)c1[N+](=O)[O-]. The summed E-state index contributed by atoms with van der Waals surface area (Å²) in [7, 11) is -3.62. The van der Waals surface area contributed by atoms with Gasteiger partial charge in [-0.25, -0.2) is 4.72 Å². The number of benzene rings is 1. The molecule has 1 aromatic carbocycles. The molecular formula is C11H17FN4O4S. The van der Waals surface area contributed by atoms with Gasteiger partial charge in [-0.05, 0) is 26.0 Å². The summed E-state index contributed by atoms with van der Waals surface area (Å²) in [6.45, 7) is 3.42. The van der Waals surface area contributed by atoms with Crippen LogP contribution in [0.5, 0.6) is 0 Å². The molecule has 0 bridgehead atoms. The van der Waals surface area contributed by atoms with E-state index in [2.05, 4.69) is 14.8 Å². The summed E-state index contributed by atoms with van der Waals surface area (Å²) in [6, 6.07) is 3.41. The highest BCUT2D eigenvalue weighted by Gasteiger charge is 2.19. The second-order valence-electron chi connectivity index (χ2n) is 4.49. The molecule has 0 spiro atoms. The predicted octanol–water partition coefficient (Wildman–Crippen LogP) is 0.978. The standard InChI is InChI=1S/C11H17FN4O4S/c1-8(2)15-21(19,20)14-7-6-13-10-5-3-4-9(12)11(10)16(17)18/h3-5,8,13-15H,6-7H2,1-2H3. The Morgan fingerprint density at radius 2 is 2.00 bits per heavy atom. The molecular weight excluding hydrogens is 303 g/mol. The Morgan fingerprint density at radius 1 is 1.33 bits per heavy atom. The normalized spacial score (nSPS) is 11.6. The molecule has 0 heterocycles. The molecule has 0 radical (unpaired) electrons. The topological polar surface area (TPSA) is 113 Å². The molecule has 8 nitrogen and oxygen atoms in total. The summed E-state index contributed by atoms with van der Waals surface area (Å²) < 4.78 is 40.8. The van der Waals surface area contributed by atoms with Crippen molar-refractivity contribution in [3.05, 3.63) is 34.1 Å². The fraction of sp³-hybridized carbons (Fsp3) is 0.455. The summed E-state index contributed by atoms with van der Waals surface area (Å²) in [5.41, 5.74) is -0.670. The van der Waals surface area contributed by atoms with Crippen LogP contribution < -0.4 is 14.8 Å². The Kier molecular flexibility index (Phi) is 6.00. The molecule has 0 aliphatic rings. The number of nitro groups is 1. The molecule has 0 saturated heterocycles. The van der Waals surface area contributed by atoms with E-state index in [-0.39, 0.29) is 24.8 Å². The minimum Gasteiger partial charge on any atom is -0.378 e. The molecule has 0 fully saturated rings. The number of rotatable bonds is 8. The summed E-state index contributed by atoms with van der Waals surface area (Å²) >= 11 is 0. The van der Waals surface area contributed by atoms with Gasteiger partial charge in [0, 0.05) is 19.1 Å². The second kappa shape index (κ2) is 7.29. The first kappa shape index (κ1) is 17.3. The van der Waals surface area contributed by atoms with Crippen molar-refractivity contribution in [1.82, 2.24) is 9.44 Å². The quantitative estimate of drug-likeness (QED) is 0.375. The number of nitrogens with one attached hydrogen (secondary N) is 3. The van der Waals surface area contributed by atoms with Crippen LogP contribution in [0.1, 0.15) is 13.8 Å². The van der Waals surface area contributed by atoms with E-state index in [0.717, 1.165) is 6.07 Å². The molecule has 0 unspecified atom stereocenters. The fourth-order valence-electron chi connectivity index (χ4n) is 1.58. The number of nitrogens with zero attached hydrogens (tertiary/aromatic N) is 1. The lowest BCUT2D eigenvalue weighted by Gasteiger charge is -2.11. The van der Waals surface area contributed by atoms with Crippen LogP contribution in [0.15, 0.2) is 18.2 Å². The summed E-state index contributed by atoms with van der Waals surface area (Å²) in [5.74, 6) is -0.952. The zero-order valence-electron chi connectivity index (χ0n) is 11.6. The van der Waals surface area contributed by atoms with Gasteiger partial charge >= 0.3 is 5.69 Å². The zero-order chi connectivity index (χ0) is 16.0. The highest BCUT2D eigenvalue weighted by atomic mass is 32.2. The summed E-state index contributed by atoms with van der Waals surface area (Å²) in [5, 5.41) is 13.4. The van der Waals surface area contributed by atoms with E-state index < -0.39 is 26.6 Å². The molecule has 3 N–H and O–H groups in total. The van der Waals surface area contributed by atoms with Crippen molar-refractivity contribution < 1.29 is 17.7 Å². The largest absolute Gasteiger partial charge is 0.378 e. The van der Waals surface area contributed by atoms with Crippen molar-refractivity contribution in [3.8, 4) is 0 Å². The van der Waals surface area contributed by atoms with Gasteiger partial charge in [-0.3, -0.25) is 10.1 Å². The number of halogens is 1. The number of para-hydroxylation sites is 1.